The molecule has 0 aliphatic carbocycles. The van der Waals surface area contributed by atoms with Crippen LogP contribution in [0.3, 0.4) is 0 Å². The van der Waals surface area contributed by atoms with Gasteiger partial charge in [0.1, 0.15) is 5.15 Å². The van der Waals surface area contributed by atoms with E-state index < -0.39 is 0 Å². The number of nitrogens with one attached hydrogen (secondary N) is 1. The Labute approximate surface area is 87.3 Å². The second-order valence-electron chi connectivity index (χ2n) is 3.18. The smallest absolute Gasteiger partial charge is 0.129 e. The molecule has 1 aromatic heterocycles. The van der Waals surface area contributed by atoms with E-state index in [4.69, 9.17) is 23.2 Å². The van der Waals surface area contributed by atoms with Gasteiger partial charge in [0.2, 0.25) is 0 Å². The number of aromatic nitrogens is 1. The second kappa shape index (κ2) is 3.82. The molecule has 70 valence electrons. The fourth-order valence-electron chi connectivity index (χ4n) is 1.64. The van der Waals surface area contributed by atoms with Crippen molar-refractivity contribution in [3.8, 4) is 0 Å². The molecule has 2 heterocycles. The summed E-state index contributed by atoms with van der Waals surface area (Å²) in [5.74, 6) is 0. The van der Waals surface area contributed by atoms with Crippen LogP contribution in [0.25, 0.3) is 0 Å². The van der Waals surface area contributed by atoms with Crippen molar-refractivity contribution >= 4 is 23.2 Å². The maximum absolute atomic E-state index is 6.02. The summed E-state index contributed by atoms with van der Waals surface area (Å²) in [4.78, 5) is 3.92. The van der Waals surface area contributed by atoms with E-state index in [2.05, 4.69) is 10.3 Å². The van der Waals surface area contributed by atoms with Crippen molar-refractivity contribution in [2.75, 3.05) is 6.54 Å². The maximum Gasteiger partial charge on any atom is 0.129 e. The van der Waals surface area contributed by atoms with Gasteiger partial charge in [-0.15, -0.1) is 0 Å². The Morgan fingerprint density at radius 2 is 2.31 bits per heavy atom. The van der Waals surface area contributed by atoms with Gasteiger partial charge in [0, 0.05) is 12.2 Å². The highest BCUT2D eigenvalue weighted by molar-refractivity contribution is 6.32. The van der Waals surface area contributed by atoms with Crippen molar-refractivity contribution in [2.24, 2.45) is 0 Å². The van der Waals surface area contributed by atoms with E-state index in [0.717, 1.165) is 18.5 Å². The first kappa shape index (κ1) is 9.25. The van der Waals surface area contributed by atoms with Crippen LogP contribution < -0.4 is 5.32 Å². The van der Waals surface area contributed by atoms with Gasteiger partial charge in [-0.3, -0.25) is 0 Å². The SMILES string of the molecule is Clc1cc([C@H]2CCCN2)c(Cl)cn1. The van der Waals surface area contributed by atoms with E-state index in [1.54, 1.807) is 6.20 Å². The predicted molar refractivity (Wildman–Crippen MR) is 54.2 cm³/mol. The van der Waals surface area contributed by atoms with Gasteiger partial charge in [-0.1, -0.05) is 23.2 Å². The Hall–Kier alpha value is -0.310. The molecule has 1 aliphatic rings. The zero-order valence-corrected chi connectivity index (χ0v) is 8.57. The largest absolute Gasteiger partial charge is 0.310 e. The summed E-state index contributed by atoms with van der Waals surface area (Å²) in [6, 6.07) is 2.19. The van der Waals surface area contributed by atoms with E-state index in [1.807, 2.05) is 6.07 Å². The first-order valence-corrected chi connectivity index (χ1v) is 5.07. The standard InChI is InChI=1S/C9H10Cl2N2/c10-7-5-13-9(11)4-6(7)8-2-1-3-12-8/h4-5,8,12H,1-3H2/t8-/m1/s1. The predicted octanol–water partition coefficient (Wildman–Crippen LogP) is 2.81. The Morgan fingerprint density at radius 1 is 1.46 bits per heavy atom. The van der Waals surface area contributed by atoms with Crippen LogP contribution in [0.15, 0.2) is 12.3 Å². The average Bonchev–Trinajstić information content (AvgIpc) is 2.61. The molecule has 2 rings (SSSR count). The zero-order valence-electron chi connectivity index (χ0n) is 7.06. The number of hydrogen-bond donors (Lipinski definition) is 1. The Balaban J connectivity index is 2.32. The van der Waals surface area contributed by atoms with E-state index in [0.29, 0.717) is 16.2 Å². The highest BCUT2D eigenvalue weighted by atomic mass is 35.5. The number of hydrogen-bond acceptors (Lipinski definition) is 2. The third-order valence-corrected chi connectivity index (χ3v) is 2.81. The van der Waals surface area contributed by atoms with Crippen molar-refractivity contribution in [1.82, 2.24) is 10.3 Å². The van der Waals surface area contributed by atoms with Crippen LogP contribution in [0.4, 0.5) is 0 Å². The summed E-state index contributed by atoms with van der Waals surface area (Å²) >= 11 is 11.8. The van der Waals surface area contributed by atoms with Gasteiger partial charge in [-0.25, -0.2) is 4.98 Å². The molecule has 0 radical (unpaired) electrons. The summed E-state index contributed by atoms with van der Waals surface area (Å²) in [6.45, 7) is 1.06. The maximum atomic E-state index is 6.02. The lowest BCUT2D eigenvalue weighted by molar-refractivity contribution is 0.647. The summed E-state index contributed by atoms with van der Waals surface area (Å²) in [6.07, 6.45) is 3.93. The molecule has 13 heavy (non-hydrogen) atoms. The van der Waals surface area contributed by atoms with Crippen LogP contribution in [0.2, 0.25) is 10.2 Å². The van der Waals surface area contributed by atoms with Crippen molar-refractivity contribution in [3.63, 3.8) is 0 Å². The van der Waals surface area contributed by atoms with Gasteiger partial charge >= 0.3 is 0 Å². The van der Waals surface area contributed by atoms with Crippen LogP contribution in [0, 0.1) is 0 Å². The van der Waals surface area contributed by atoms with Crippen LogP contribution in [-0.2, 0) is 0 Å². The van der Waals surface area contributed by atoms with E-state index >= 15 is 0 Å². The fourth-order valence-corrected chi connectivity index (χ4v) is 2.05. The van der Waals surface area contributed by atoms with Gasteiger partial charge in [-0.05, 0) is 31.0 Å². The molecule has 4 heteroatoms. The lowest BCUT2D eigenvalue weighted by Gasteiger charge is -2.11. The van der Waals surface area contributed by atoms with E-state index in [-0.39, 0.29) is 0 Å². The minimum absolute atomic E-state index is 0.355. The minimum Gasteiger partial charge on any atom is -0.310 e. The molecule has 2 nitrogen and oxygen atoms in total. The number of rotatable bonds is 1. The minimum atomic E-state index is 0.355. The molecule has 1 N–H and O–H groups in total. The van der Waals surface area contributed by atoms with Gasteiger partial charge in [0.15, 0.2) is 0 Å². The average molecular weight is 217 g/mol. The summed E-state index contributed by atoms with van der Waals surface area (Å²) in [5, 5.41) is 4.58. The van der Waals surface area contributed by atoms with Gasteiger partial charge in [0.25, 0.3) is 0 Å². The molecule has 1 atom stereocenters. The first-order valence-electron chi connectivity index (χ1n) is 4.31. The quantitative estimate of drug-likeness (QED) is 0.731. The van der Waals surface area contributed by atoms with Crippen LogP contribution in [0.1, 0.15) is 24.4 Å². The molecule has 0 unspecified atom stereocenters. The Bertz CT molecular complexity index is 308. The normalized spacial score (nSPS) is 22.2. The van der Waals surface area contributed by atoms with Gasteiger partial charge in [0.05, 0.1) is 5.02 Å². The molecular weight excluding hydrogens is 207 g/mol. The van der Waals surface area contributed by atoms with Crippen molar-refractivity contribution < 1.29 is 0 Å². The first-order chi connectivity index (χ1) is 6.27. The van der Waals surface area contributed by atoms with E-state index in [1.165, 1.54) is 6.42 Å². The van der Waals surface area contributed by atoms with Crippen LogP contribution in [0.5, 0.6) is 0 Å². The monoisotopic (exact) mass is 216 g/mol. The molecule has 0 aromatic carbocycles. The zero-order chi connectivity index (χ0) is 9.26. The molecule has 0 amide bonds. The highest BCUT2D eigenvalue weighted by Gasteiger charge is 2.18. The molecular formula is C9H10Cl2N2. The van der Waals surface area contributed by atoms with Crippen LogP contribution >= 0.6 is 23.2 Å². The molecule has 1 fully saturated rings. The topological polar surface area (TPSA) is 24.9 Å². The second-order valence-corrected chi connectivity index (χ2v) is 3.97. The third kappa shape index (κ3) is 1.96. The fraction of sp³-hybridized carbons (Fsp3) is 0.444. The van der Waals surface area contributed by atoms with Crippen molar-refractivity contribution in [1.29, 1.82) is 0 Å². The highest BCUT2D eigenvalue weighted by Crippen LogP contribution is 2.29. The number of nitrogens with zero attached hydrogens (tertiary/aromatic N) is 1. The summed E-state index contributed by atoms with van der Waals surface area (Å²) in [5.41, 5.74) is 1.07. The van der Waals surface area contributed by atoms with Gasteiger partial charge in [-0.2, -0.15) is 0 Å². The third-order valence-electron chi connectivity index (χ3n) is 2.29. The Kier molecular flexibility index (Phi) is 2.72. The molecule has 1 aromatic rings. The lowest BCUT2D eigenvalue weighted by atomic mass is 10.1. The molecule has 1 saturated heterocycles. The molecule has 0 bridgehead atoms. The number of halogens is 2. The van der Waals surface area contributed by atoms with Crippen LogP contribution in [-0.4, -0.2) is 11.5 Å². The number of pyridine rings is 1. The van der Waals surface area contributed by atoms with Gasteiger partial charge < -0.3 is 5.32 Å². The van der Waals surface area contributed by atoms with Crippen molar-refractivity contribution in [2.45, 2.75) is 18.9 Å². The van der Waals surface area contributed by atoms with Crippen molar-refractivity contribution in [3.05, 3.63) is 28.0 Å². The lowest BCUT2D eigenvalue weighted by Crippen LogP contribution is -2.13. The molecule has 1 aliphatic heterocycles. The summed E-state index contributed by atoms with van der Waals surface area (Å²) in [7, 11) is 0. The van der Waals surface area contributed by atoms with E-state index in [9.17, 15) is 0 Å². The molecule has 0 spiro atoms. The summed E-state index contributed by atoms with van der Waals surface area (Å²) < 4.78 is 0. The molecule has 0 saturated carbocycles. The Morgan fingerprint density at radius 3 is 3.00 bits per heavy atom.